The molecule has 2 aromatic rings. The molecule has 0 saturated heterocycles. The van der Waals surface area contributed by atoms with Crippen molar-refractivity contribution < 1.29 is 0 Å². The minimum absolute atomic E-state index is 0.170. The van der Waals surface area contributed by atoms with Gasteiger partial charge in [-0.25, -0.2) is 0 Å². The van der Waals surface area contributed by atoms with Gasteiger partial charge in [0.1, 0.15) is 11.6 Å². The first-order chi connectivity index (χ1) is 8.77. The van der Waals surface area contributed by atoms with Crippen LogP contribution in [-0.2, 0) is 6.54 Å². The van der Waals surface area contributed by atoms with Gasteiger partial charge in [0.25, 0.3) is 5.56 Å². The number of aromatic nitrogens is 2. The van der Waals surface area contributed by atoms with Gasteiger partial charge in [0, 0.05) is 12.7 Å². The van der Waals surface area contributed by atoms with E-state index < -0.39 is 0 Å². The molecular weight excluding hydrogens is 226 g/mol. The predicted molar refractivity (Wildman–Crippen MR) is 68.9 cm³/mol. The molecule has 0 aliphatic rings. The zero-order valence-electron chi connectivity index (χ0n) is 10.1. The smallest absolute Gasteiger partial charge is 0.268 e. The van der Waals surface area contributed by atoms with E-state index in [1.54, 1.807) is 22.9 Å². The van der Waals surface area contributed by atoms with Crippen molar-refractivity contribution in [3.05, 3.63) is 52.4 Å². The van der Waals surface area contributed by atoms with E-state index in [1.807, 2.05) is 31.2 Å². The molecule has 2 rings (SSSR count). The van der Waals surface area contributed by atoms with Crippen LogP contribution in [0, 0.1) is 11.3 Å². The third-order valence-corrected chi connectivity index (χ3v) is 2.67. The summed E-state index contributed by atoms with van der Waals surface area (Å²) in [4.78, 5) is 16.3. The standard InChI is InChI=1S/C14H13N3O/c1-2-9-17-13(12-5-3-4-8-16-12)7-6-11(10-15)14(17)18/h3-8H,2,9H2,1H3. The molecule has 0 radical (unpaired) electrons. The van der Waals surface area contributed by atoms with Gasteiger partial charge in [-0.3, -0.25) is 9.78 Å². The minimum Gasteiger partial charge on any atom is -0.306 e. The van der Waals surface area contributed by atoms with E-state index in [9.17, 15) is 4.79 Å². The van der Waals surface area contributed by atoms with Gasteiger partial charge in [0.2, 0.25) is 0 Å². The highest BCUT2D eigenvalue weighted by molar-refractivity contribution is 5.55. The second kappa shape index (κ2) is 5.28. The van der Waals surface area contributed by atoms with E-state index in [0.717, 1.165) is 17.8 Å². The quantitative estimate of drug-likeness (QED) is 0.824. The van der Waals surface area contributed by atoms with Crippen molar-refractivity contribution in [2.75, 3.05) is 0 Å². The zero-order chi connectivity index (χ0) is 13.0. The lowest BCUT2D eigenvalue weighted by Crippen LogP contribution is -2.24. The van der Waals surface area contributed by atoms with Gasteiger partial charge in [-0.05, 0) is 30.7 Å². The van der Waals surface area contributed by atoms with Gasteiger partial charge < -0.3 is 4.57 Å². The third-order valence-electron chi connectivity index (χ3n) is 2.67. The topological polar surface area (TPSA) is 58.7 Å². The van der Waals surface area contributed by atoms with E-state index in [2.05, 4.69) is 4.98 Å². The maximum absolute atomic E-state index is 12.1. The molecule has 0 fully saturated rings. The summed E-state index contributed by atoms with van der Waals surface area (Å²) in [7, 11) is 0. The van der Waals surface area contributed by atoms with Gasteiger partial charge in [0.05, 0.1) is 11.4 Å². The molecule has 2 heterocycles. The van der Waals surface area contributed by atoms with Crippen LogP contribution in [0.15, 0.2) is 41.3 Å². The van der Waals surface area contributed by atoms with E-state index in [1.165, 1.54) is 0 Å². The Morgan fingerprint density at radius 1 is 1.33 bits per heavy atom. The van der Waals surface area contributed by atoms with Gasteiger partial charge in [0.15, 0.2) is 0 Å². The maximum atomic E-state index is 12.1. The van der Waals surface area contributed by atoms with Crippen LogP contribution >= 0.6 is 0 Å². The molecule has 0 aliphatic carbocycles. The minimum atomic E-state index is -0.248. The molecule has 0 atom stereocenters. The van der Waals surface area contributed by atoms with Crippen LogP contribution < -0.4 is 5.56 Å². The fourth-order valence-corrected chi connectivity index (χ4v) is 1.85. The van der Waals surface area contributed by atoms with E-state index in [4.69, 9.17) is 5.26 Å². The van der Waals surface area contributed by atoms with Crippen molar-refractivity contribution in [1.82, 2.24) is 9.55 Å². The summed E-state index contributed by atoms with van der Waals surface area (Å²) in [6, 6.07) is 10.8. The lowest BCUT2D eigenvalue weighted by atomic mass is 10.2. The van der Waals surface area contributed by atoms with Gasteiger partial charge in [-0.15, -0.1) is 0 Å². The average molecular weight is 239 g/mol. The van der Waals surface area contributed by atoms with Crippen molar-refractivity contribution in [2.45, 2.75) is 19.9 Å². The molecular formula is C14H13N3O. The first-order valence-corrected chi connectivity index (χ1v) is 5.83. The van der Waals surface area contributed by atoms with E-state index >= 15 is 0 Å². The van der Waals surface area contributed by atoms with Crippen molar-refractivity contribution in [2.24, 2.45) is 0 Å². The predicted octanol–water partition coefficient (Wildman–Crippen LogP) is 2.19. The number of rotatable bonds is 3. The Labute approximate surface area is 105 Å². The molecule has 0 bridgehead atoms. The summed E-state index contributed by atoms with van der Waals surface area (Å²) in [5.74, 6) is 0. The van der Waals surface area contributed by atoms with Crippen LogP contribution in [0.5, 0.6) is 0 Å². The van der Waals surface area contributed by atoms with E-state index in [-0.39, 0.29) is 11.1 Å². The highest BCUT2D eigenvalue weighted by Gasteiger charge is 2.10. The number of hydrogen-bond acceptors (Lipinski definition) is 3. The summed E-state index contributed by atoms with van der Waals surface area (Å²) < 4.78 is 1.61. The fraction of sp³-hybridized carbons (Fsp3) is 0.214. The van der Waals surface area contributed by atoms with Crippen molar-refractivity contribution in [3.63, 3.8) is 0 Å². The van der Waals surface area contributed by atoms with Crippen LogP contribution in [0.3, 0.4) is 0 Å². The van der Waals surface area contributed by atoms with Crippen LogP contribution in [0.1, 0.15) is 18.9 Å². The number of pyridine rings is 2. The molecule has 18 heavy (non-hydrogen) atoms. The lowest BCUT2D eigenvalue weighted by molar-refractivity contribution is 0.658. The number of nitriles is 1. The Balaban J connectivity index is 2.66. The first kappa shape index (κ1) is 12.1. The van der Waals surface area contributed by atoms with Gasteiger partial charge in [-0.2, -0.15) is 5.26 Å². The number of hydrogen-bond donors (Lipinski definition) is 0. The molecule has 0 unspecified atom stereocenters. The Morgan fingerprint density at radius 3 is 2.78 bits per heavy atom. The summed E-state index contributed by atoms with van der Waals surface area (Å²) in [6.45, 7) is 2.58. The SMILES string of the molecule is CCCn1c(-c2ccccn2)ccc(C#N)c1=O. The lowest BCUT2D eigenvalue weighted by Gasteiger charge is -2.11. The molecule has 0 aromatic carbocycles. The summed E-state index contributed by atoms with van der Waals surface area (Å²) in [6.07, 6.45) is 2.52. The Bertz CT molecular complexity index is 638. The van der Waals surface area contributed by atoms with Gasteiger partial charge >= 0.3 is 0 Å². The second-order valence-corrected chi connectivity index (χ2v) is 3.92. The molecule has 4 heteroatoms. The van der Waals surface area contributed by atoms with Crippen LogP contribution in [0.25, 0.3) is 11.4 Å². The summed E-state index contributed by atoms with van der Waals surface area (Å²) in [5, 5.41) is 8.89. The van der Waals surface area contributed by atoms with Crippen molar-refractivity contribution in [3.8, 4) is 17.5 Å². The van der Waals surface area contributed by atoms with E-state index in [0.29, 0.717) is 6.54 Å². The van der Waals surface area contributed by atoms with Gasteiger partial charge in [-0.1, -0.05) is 13.0 Å². The monoisotopic (exact) mass is 239 g/mol. The maximum Gasteiger partial charge on any atom is 0.268 e. The van der Waals surface area contributed by atoms with Crippen LogP contribution in [0.4, 0.5) is 0 Å². The molecule has 90 valence electrons. The highest BCUT2D eigenvalue weighted by Crippen LogP contribution is 2.15. The highest BCUT2D eigenvalue weighted by atomic mass is 16.1. The van der Waals surface area contributed by atoms with Crippen LogP contribution in [0.2, 0.25) is 0 Å². The largest absolute Gasteiger partial charge is 0.306 e. The Morgan fingerprint density at radius 2 is 2.17 bits per heavy atom. The third kappa shape index (κ3) is 2.16. The molecule has 0 saturated carbocycles. The molecule has 0 amide bonds. The zero-order valence-corrected chi connectivity index (χ0v) is 10.1. The average Bonchev–Trinajstić information content (AvgIpc) is 2.42. The van der Waals surface area contributed by atoms with Crippen LogP contribution in [-0.4, -0.2) is 9.55 Å². The molecule has 4 nitrogen and oxygen atoms in total. The first-order valence-electron chi connectivity index (χ1n) is 5.83. The number of nitrogens with zero attached hydrogens (tertiary/aromatic N) is 3. The molecule has 0 aliphatic heterocycles. The van der Waals surface area contributed by atoms with Crippen molar-refractivity contribution >= 4 is 0 Å². The second-order valence-electron chi connectivity index (χ2n) is 3.92. The summed E-state index contributed by atoms with van der Waals surface area (Å²) >= 11 is 0. The normalized spacial score (nSPS) is 10.0. The Hall–Kier alpha value is -2.41. The Kier molecular flexibility index (Phi) is 3.54. The molecule has 0 spiro atoms. The summed E-state index contributed by atoms with van der Waals surface area (Å²) in [5.41, 5.74) is 1.42. The fourth-order valence-electron chi connectivity index (χ4n) is 1.85. The molecule has 2 aromatic heterocycles. The molecule has 0 N–H and O–H groups in total. The van der Waals surface area contributed by atoms with Crippen molar-refractivity contribution in [1.29, 1.82) is 5.26 Å².